The predicted molar refractivity (Wildman–Crippen MR) is 61.3 cm³/mol. The monoisotopic (exact) mass is 242 g/mol. The molecule has 5 nitrogen and oxygen atoms in total. The van der Waals surface area contributed by atoms with Gasteiger partial charge in [0.05, 0.1) is 29.8 Å². The molecule has 0 spiro atoms. The summed E-state index contributed by atoms with van der Waals surface area (Å²) in [5, 5.41) is 8.94. The third-order valence-electron chi connectivity index (χ3n) is 1.78. The quantitative estimate of drug-likeness (QED) is 0.623. The Hall–Kier alpha value is -1.75. The van der Waals surface area contributed by atoms with Crippen LogP contribution in [-0.2, 0) is 4.74 Å². The molecule has 1 aromatic heterocycles. The van der Waals surface area contributed by atoms with E-state index in [2.05, 4.69) is 4.98 Å². The van der Waals surface area contributed by atoms with E-state index < -0.39 is 5.97 Å². The molecule has 1 heterocycles. The van der Waals surface area contributed by atoms with Crippen molar-refractivity contribution in [3.8, 4) is 0 Å². The van der Waals surface area contributed by atoms with Crippen molar-refractivity contribution in [2.45, 2.75) is 6.92 Å². The van der Waals surface area contributed by atoms with E-state index in [0.29, 0.717) is 6.61 Å². The number of nitrogen functional groups attached to an aromatic ring is 1. The molecule has 0 fully saturated rings. The zero-order chi connectivity index (χ0) is 12.1. The van der Waals surface area contributed by atoms with Crippen LogP contribution in [0.3, 0.4) is 0 Å². The van der Waals surface area contributed by atoms with Gasteiger partial charge in [0.1, 0.15) is 5.15 Å². The Morgan fingerprint density at radius 1 is 1.75 bits per heavy atom. The van der Waals surface area contributed by atoms with E-state index in [1.807, 2.05) is 6.92 Å². The maximum atomic E-state index is 10.8. The van der Waals surface area contributed by atoms with Gasteiger partial charge in [-0.3, -0.25) is 0 Å². The Bertz CT molecular complexity index is 432. The molecule has 86 valence electrons. The Balaban J connectivity index is 3.14. The van der Waals surface area contributed by atoms with Gasteiger partial charge in [0.2, 0.25) is 0 Å². The van der Waals surface area contributed by atoms with Gasteiger partial charge in [0, 0.05) is 6.08 Å². The smallest absolute Gasteiger partial charge is 0.337 e. The van der Waals surface area contributed by atoms with Crippen LogP contribution < -0.4 is 5.73 Å². The molecule has 0 aliphatic carbocycles. The topological polar surface area (TPSA) is 85.4 Å². The number of anilines is 1. The molecule has 0 bridgehead atoms. The number of aromatic carboxylic acids is 1. The number of carbonyl (C=O) groups is 1. The fraction of sp³-hybridized carbons (Fsp3) is 0.200. The Morgan fingerprint density at radius 2 is 2.44 bits per heavy atom. The van der Waals surface area contributed by atoms with Gasteiger partial charge in [0.25, 0.3) is 0 Å². The second-order valence-electron chi connectivity index (χ2n) is 2.85. The van der Waals surface area contributed by atoms with Crippen molar-refractivity contribution in [1.82, 2.24) is 4.98 Å². The van der Waals surface area contributed by atoms with Crippen LogP contribution in [0.2, 0.25) is 5.15 Å². The summed E-state index contributed by atoms with van der Waals surface area (Å²) in [7, 11) is 0. The number of hydrogen-bond acceptors (Lipinski definition) is 4. The summed E-state index contributed by atoms with van der Waals surface area (Å²) in [4.78, 5) is 14.7. The van der Waals surface area contributed by atoms with E-state index in [9.17, 15) is 4.79 Å². The van der Waals surface area contributed by atoms with Gasteiger partial charge in [-0.2, -0.15) is 0 Å². The number of pyridine rings is 1. The Kier molecular flexibility index (Phi) is 4.13. The Morgan fingerprint density at radius 3 is 3.00 bits per heavy atom. The molecule has 0 saturated heterocycles. The zero-order valence-corrected chi connectivity index (χ0v) is 9.36. The molecule has 16 heavy (non-hydrogen) atoms. The minimum absolute atomic E-state index is 0.0628. The van der Waals surface area contributed by atoms with Crippen LogP contribution >= 0.6 is 11.6 Å². The summed E-state index contributed by atoms with van der Waals surface area (Å²) in [6.45, 7) is 2.32. The number of rotatable bonds is 4. The van der Waals surface area contributed by atoms with Crippen LogP contribution in [0.5, 0.6) is 0 Å². The van der Waals surface area contributed by atoms with Gasteiger partial charge in [-0.25, -0.2) is 9.78 Å². The number of hydrogen-bond donors (Lipinski definition) is 2. The fourth-order valence-corrected chi connectivity index (χ4v) is 1.26. The first kappa shape index (κ1) is 12.3. The highest BCUT2D eigenvalue weighted by Gasteiger charge is 2.13. The first-order chi connectivity index (χ1) is 7.56. The van der Waals surface area contributed by atoms with E-state index in [4.69, 9.17) is 27.2 Å². The van der Waals surface area contributed by atoms with Gasteiger partial charge in [-0.05, 0) is 13.0 Å². The minimum atomic E-state index is -1.15. The van der Waals surface area contributed by atoms with Crippen LogP contribution in [0.25, 0.3) is 6.08 Å². The number of aromatic nitrogens is 1. The van der Waals surface area contributed by atoms with E-state index in [1.54, 1.807) is 0 Å². The molecule has 0 atom stereocenters. The summed E-state index contributed by atoms with van der Waals surface area (Å²) in [6.07, 6.45) is 2.86. The van der Waals surface area contributed by atoms with E-state index in [1.165, 1.54) is 18.4 Å². The summed E-state index contributed by atoms with van der Waals surface area (Å²) >= 11 is 5.67. The number of carboxylic acids is 1. The molecule has 1 rings (SSSR count). The molecule has 0 unspecified atom stereocenters. The third kappa shape index (κ3) is 2.87. The lowest BCUT2D eigenvalue weighted by Gasteiger charge is -2.04. The molecule has 0 aliphatic rings. The molecular weight excluding hydrogens is 232 g/mol. The SMILES string of the molecule is CCO/C=C/c1nc(Cl)cc(C(=O)O)c1N. The molecular formula is C10H11ClN2O3. The standard InChI is InChI=1S/C10H11ClN2O3/c1-2-16-4-3-7-9(12)6(10(14)15)5-8(11)13-7/h3-5H,2,12H2,1H3,(H,14,15)/b4-3+. The van der Waals surface area contributed by atoms with Crippen molar-refractivity contribution in [2.75, 3.05) is 12.3 Å². The number of ether oxygens (including phenoxy) is 1. The number of nitrogens with two attached hydrogens (primary N) is 1. The maximum Gasteiger partial charge on any atom is 0.337 e. The number of nitrogens with zero attached hydrogens (tertiary/aromatic N) is 1. The van der Waals surface area contributed by atoms with Crippen molar-refractivity contribution in [3.05, 3.63) is 28.7 Å². The minimum Gasteiger partial charge on any atom is -0.501 e. The zero-order valence-electron chi connectivity index (χ0n) is 8.61. The van der Waals surface area contributed by atoms with Crippen LogP contribution in [0.4, 0.5) is 5.69 Å². The molecule has 0 radical (unpaired) electrons. The largest absolute Gasteiger partial charge is 0.501 e. The third-order valence-corrected chi connectivity index (χ3v) is 1.97. The molecule has 1 aromatic rings. The molecule has 0 amide bonds. The van der Waals surface area contributed by atoms with Gasteiger partial charge in [-0.1, -0.05) is 11.6 Å². The van der Waals surface area contributed by atoms with Crippen LogP contribution in [-0.4, -0.2) is 22.7 Å². The van der Waals surface area contributed by atoms with E-state index in [-0.39, 0.29) is 22.1 Å². The molecule has 0 saturated carbocycles. The second kappa shape index (κ2) is 5.37. The summed E-state index contributed by atoms with van der Waals surface area (Å²) < 4.78 is 4.97. The first-order valence-electron chi connectivity index (χ1n) is 4.53. The van der Waals surface area contributed by atoms with Gasteiger partial charge < -0.3 is 15.6 Å². The van der Waals surface area contributed by atoms with E-state index in [0.717, 1.165) is 0 Å². The van der Waals surface area contributed by atoms with Gasteiger partial charge >= 0.3 is 5.97 Å². The number of carboxylic acid groups (broad SMARTS) is 1. The highest BCUT2D eigenvalue weighted by molar-refractivity contribution is 6.30. The molecule has 0 aromatic carbocycles. The number of halogens is 1. The second-order valence-corrected chi connectivity index (χ2v) is 3.24. The summed E-state index contributed by atoms with van der Waals surface area (Å²) in [5.41, 5.74) is 5.89. The van der Waals surface area contributed by atoms with Crippen molar-refractivity contribution in [2.24, 2.45) is 0 Å². The predicted octanol–water partition coefficient (Wildman–Crippen LogP) is 2.02. The fourth-order valence-electron chi connectivity index (χ4n) is 1.06. The highest BCUT2D eigenvalue weighted by Crippen LogP contribution is 2.21. The molecule has 6 heteroatoms. The van der Waals surface area contributed by atoms with Crippen molar-refractivity contribution < 1.29 is 14.6 Å². The lowest BCUT2D eigenvalue weighted by molar-refractivity contribution is 0.0698. The molecule has 0 aliphatic heterocycles. The van der Waals surface area contributed by atoms with Crippen LogP contribution in [0.1, 0.15) is 23.0 Å². The lowest BCUT2D eigenvalue weighted by atomic mass is 10.2. The first-order valence-corrected chi connectivity index (χ1v) is 4.91. The van der Waals surface area contributed by atoms with Crippen LogP contribution in [0, 0.1) is 0 Å². The average Bonchev–Trinajstić information content (AvgIpc) is 2.22. The van der Waals surface area contributed by atoms with Crippen LogP contribution in [0.15, 0.2) is 12.3 Å². The van der Waals surface area contributed by atoms with Crippen molar-refractivity contribution in [1.29, 1.82) is 0 Å². The maximum absolute atomic E-state index is 10.8. The summed E-state index contributed by atoms with van der Waals surface area (Å²) in [6, 6.07) is 1.21. The Labute approximate surface area is 97.5 Å². The van der Waals surface area contributed by atoms with Gasteiger partial charge in [-0.15, -0.1) is 0 Å². The normalized spacial score (nSPS) is 10.6. The molecule has 3 N–H and O–H groups in total. The van der Waals surface area contributed by atoms with E-state index >= 15 is 0 Å². The lowest BCUT2D eigenvalue weighted by Crippen LogP contribution is -2.05. The highest BCUT2D eigenvalue weighted by atomic mass is 35.5. The van der Waals surface area contributed by atoms with Crippen molar-refractivity contribution >= 4 is 29.3 Å². The summed E-state index contributed by atoms with van der Waals surface area (Å²) in [5.74, 6) is -1.15. The van der Waals surface area contributed by atoms with Gasteiger partial charge in [0.15, 0.2) is 0 Å². The van der Waals surface area contributed by atoms with Crippen molar-refractivity contribution in [3.63, 3.8) is 0 Å². The average molecular weight is 243 g/mol.